The number of carbonyl (C=O) groups is 2. The number of hydrogen-bond acceptors (Lipinski definition) is 8. The van der Waals surface area contributed by atoms with Crippen LogP contribution < -0.4 is 10.1 Å². The molecule has 0 aliphatic rings. The summed E-state index contributed by atoms with van der Waals surface area (Å²) >= 11 is 0. The van der Waals surface area contributed by atoms with Crippen molar-refractivity contribution in [2.45, 2.75) is 125 Å². The minimum atomic E-state index is -4.37. The lowest BCUT2D eigenvalue weighted by atomic mass is 10.0. The van der Waals surface area contributed by atoms with Crippen LogP contribution in [0.4, 0.5) is 22.8 Å². The van der Waals surface area contributed by atoms with E-state index >= 15 is 0 Å². The third-order valence-corrected chi connectivity index (χ3v) is 7.90. The van der Waals surface area contributed by atoms with Gasteiger partial charge in [-0.15, -0.1) is 0 Å². The van der Waals surface area contributed by atoms with Gasteiger partial charge in [-0.1, -0.05) is 76.0 Å². The van der Waals surface area contributed by atoms with Crippen molar-refractivity contribution in [3.05, 3.63) is 77.7 Å². The second-order valence-corrected chi connectivity index (χ2v) is 15.1. The number of halogens is 3. The fourth-order valence-electron chi connectivity index (χ4n) is 4.89. The predicted octanol–water partition coefficient (Wildman–Crippen LogP) is 11.7. The Morgan fingerprint density at radius 3 is 2.19 bits per heavy atom. The van der Waals surface area contributed by atoms with E-state index in [0.29, 0.717) is 23.0 Å². The molecule has 10 nitrogen and oxygen atoms in total. The summed E-state index contributed by atoms with van der Waals surface area (Å²) in [7, 11) is 0. The molecular weight excluding hydrogens is 701 g/mol. The van der Waals surface area contributed by atoms with Crippen LogP contribution in [-0.2, 0) is 22.3 Å². The van der Waals surface area contributed by atoms with Crippen LogP contribution in [-0.4, -0.2) is 39.4 Å². The number of rotatable bonds is 10. The number of alkyl halides is 3. The summed E-state index contributed by atoms with van der Waals surface area (Å²) in [5, 5.41) is 8.59. The fraction of sp³-hybridized carbons (Fsp3) is 0.488. The number of ether oxygens (including phenoxy) is 3. The first-order valence-corrected chi connectivity index (χ1v) is 18.2. The van der Waals surface area contributed by atoms with E-state index in [1.165, 1.54) is 6.07 Å². The molecule has 0 bridgehead atoms. The third-order valence-electron chi connectivity index (χ3n) is 7.90. The van der Waals surface area contributed by atoms with Crippen LogP contribution >= 0.6 is 0 Å². The zero-order valence-electron chi connectivity index (χ0n) is 32.9. The van der Waals surface area contributed by atoms with Gasteiger partial charge in [0.25, 0.3) is 0 Å². The highest BCUT2D eigenvalue weighted by atomic mass is 19.4. The standard InChI is InChI=1S/C26H25F3N2O2.C15H28N2O4/c1-3-4-6-17(2)25-30-24(31-33-25)21-10-9-20-15-23(12-11-19(20)14-21)32-16-18-7-5-8-22(13-18)26(27,28)29;1-9-10(2)11(16-12(18)20-14(3,4)5)17-13(19)21-15(6,7)8/h5,7-15,17H,3-4,6,16H2,1-2H3;10H,9H2,1-8H3,(H,16,17,18,19). The predicted molar refractivity (Wildman–Crippen MR) is 203 cm³/mol. The molecule has 294 valence electrons. The molecule has 0 aliphatic heterocycles. The van der Waals surface area contributed by atoms with Gasteiger partial charge >= 0.3 is 18.4 Å². The molecule has 2 amide bonds. The Bertz CT molecular complexity index is 1870. The maximum absolute atomic E-state index is 12.9. The first-order valence-electron chi connectivity index (χ1n) is 18.2. The summed E-state index contributed by atoms with van der Waals surface area (Å²) < 4.78 is 60.2. The first-order chi connectivity index (χ1) is 25.2. The molecule has 1 heterocycles. The molecule has 1 aromatic heterocycles. The molecule has 0 radical (unpaired) electrons. The summed E-state index contributed by atoms with van der Waals surface area (Å²) in [6.45, 7) is 18.7. The van der Waals surface area contributed by atoms with Gasteiger partial charge in [-0.25, -0.2) is 9.59 Å². The first kappa shape index (κ1) is 43.5. The van der Waals surface area contributed by atoms with E-state index in [0.717, 1.165) is 54.2 Å². The second-order valence-electron chi connectivity index (χ2n) is 15.1. The molecule has 1 N–H and O–H groups in total. The number of aliphatic imine (C=N–C) groups is 1. The van der Waals surface area contributed by atoms with E-state index in [4.69, 9.17) is 18.7 Å². The topological polar surface area (TPSA) is 125 Å². The van der Waals surface area contributed by atoms with Crippen molar-refractivity contribution < 1.29 is 41.5 Å². The summed E-state index contributed by atoms with van der Waals surface area (Å²) in [6.07, 6.45) is -1.76. The highest BCUT2D eigenvalue weighted by Gasteiger charge is 2.30. The van der Waals surface area contributed by atoms with Crippen LogP contribution in [0.25, 0.3) is 22.2 Å². The molecule has 0 saturated heterocycles. The summed E-state index contributed by atoms with van der Waals surface area (Å²) in [5.41, 5.74) is -0.609. The Balaban J connectivity index is 0.000000325. The van der Waals surface area contributed by atoms with Crippen molar-refractivity contribution >= 4 is 28.8 Å². The van der Waals surface area contributed by atoms with Crippen molar-refractivity contribution in [3.8, 4) is 17.1 Å². The quantitative estimate of drug-likeness (QED) is 0.125. The smallest absolute Gasteiger partial charge is 0.435 e. The molecule has 4 aromatic rings. The molecule has 0 aliphatic carbocycles. The summed E-state index contributed by atoms with van der Waals surface area (Å²) in [6, 6.07) is 16.6. The van der Waals surface area contributed by atoms with Gasteiger partial charge in [-0.2, -0.15) is 23.1 Å². The lowest BCUT2D eigenvalue weighted by Gasteiger charge is -2.22. The van der Waals surface area contributed by atoms with Gasteiger partial charge < -0.3 is 18.7 Å². The van der Waals surface area contributed by atoms with Crippen molar-refractivity contribution in [2.75, 3.05) is 0 Å². The van der Waals surface area contributed by atoms with Gasteiger partial charge in [0.15, 0.2) is 0 Å². The SMILES string of the molecule is CCC(C)/C(=N/C(=O)OC(C)(C)C)NC(=O)OC(C)(C)C.CCCCC(C)c1nc(-c2ccc3cc(OCc4cccc(C(F)(F)F)c4)ccc3c2)no1. The number of nitrogens with one attached hydrogen (secondary N) is 1. The number of benzene rings is 3. The number of nitrogens with zero attached hydrogens (tertiary/aromatic N) is 3. The minimum Gasteiger partial charge on any atom is -0.489 e. The summed E-state index contributed by atoms with van der Waals surface area (Å²) in [4.78, 5) is 32.0. The number of unbranched alkanes of at least 4 members (excludes halogenated alkanes) is 1. The number of amidine groups is 1. The molecular formula is C41H53F3N4O6. The highest BCUT2D eigenvalue weighted by Crippen LogP contribution is 2.31. The second kappa shape index (κ2) is 18.9. The molecule has 54 heavy (non-hydrogen) atoms. The monoisotopic (exact) mass is 754 g/mol. The summed E-state index contributed by atoms with van der Waals surface area (Å²) in [5.74, 6) is 2.17. The molecule has 0 saturated carbocycles. The maximum Gasteiger partial charge on any atom is 0.435 e. The Labute approximate surface area is 315 Å². The lowest BCUT2D eigenvalue weighted by Crippen LogP contribution is -2.39. The van der Waals surface area contributed by atoms with E-state index in [1.807, 2.05) is 44.2 Å². The Morgan fingerprint density at radius 1 is 0.889 bits per heavy atom. The van der Waals surface area contributed by atoms with Crippen LogP contribution in [0.15, 0.2) is 70.2 Å². The van der Waals surface area contributed by atoms with E-state index in [2.05, 4.69) is 34.3 Å². The van der Waals surface area contributed by atoms with E-state index in [-0.39, 0.29) is 24.3 Å². The van der Waals surface area contributed by atoms with Crippen LogP contribution in [0.3, 0.4) is 0 Å². The zero-order chi connectivity index (χ0) is 40.3. The highest BCUT2D eigenvalue weighted by molar-refractivity contribution is 6.01. The van der Waals surface area contributed by atoms with Gasteiger partial charge in [-0.05, 0) is 101 Å². The van der Waals surface area contributed by atoms with Crippen LogP contribution in [0, 0.1) is 5.92 Å². The molecule has 13 heteroatoms. The van der Waals surface area contributed by atoms with Crippen LogP contribution in [0.1, 0.15) is 118 Å². The molecule has 3 aromatic carbocycles. The lowest BCUT2D eigenvalue weighted by molar-refractivity contribution is -0.137. The number of fused-ring (bicyclic) bond motifs is 1. The van der Waals surface area contributed by atoms with Gasteiger partial charge in [-0.3, -0.25) is 5.32 Å². The molecule has 0 fully saturated rings. The van der Waals surface area contributed by atoms with Crippen molar-refractivity contribution in [2.24, 2.45) is 10.9 Å². The molecule has 2 unspecified atom stereocenters. The number of alkyl carbamates (subject to hydrolysis) is 1. The van der Waals surface area contributed by atoms with Crippen LogP contribution in [0.5, 0.6) is 5.75 Å². The van der Waals surface area contributed by atoms with Gasteiger partial charge in [0.2, 0.25) is 11.7 Å². The van der Waals surface area contributed by atoms with Gasteiger partial charge in [0.1, 0.15) is 29.4 Å². The van der Waals surface area contributed by atoms with Crippen molar-refractivity contribution in [1.82, 2.24) is 15.5 Å². The number of aromatic nitrogens is 2. The fourth-order valence-corrected chi connectivity index (χ4v) is 4.89. The molecule has 2 atom stereocenters. The van der Waals surface area contributed by atoms with Gasteiger partial charge in [0.05, 0.1) is 5.56 Å². The normalized spacial score (nSPS) is 13.4. The molecule has 4 rings (SSSR count). The Morgan fingerprint density at radius 2 is 1.56 bits per heavy atom. The Hall–Kier alpha value is -4.94. The van der Waals surface area contributed by atoms with E-state index < -0.39 is 35.1 Å². The average Bonchev–Trinajstić information content (AvgIpc) is 3.58. The molecule has 0 spiro atoms. The largest absolute Gasteiger partial charge is 0.489 e. The van der Waals surface area contributed by atoms with E-state index in [1.54, 1.807) is 53.7 Å². The number of hydrogen-bond donors (Lipinski definition) is 1. The Kier molecular flexibility index (Phi) is 15.2. The van der Waals surface area contributed by atoms with Gasteiger partial charge in [0, 0.05) is 17.4 Å². The van der Waals surface area contributed by atoms with Crippen LogP contribution in [0.2, 0.25) is 0 Å². The number of carbonyl (C=O) groups excluding carboxylic acids is 2. The van der Waals surface area contributed by atoms with Crippen molar-refractivity contribution in [1.29, 1.82) is 0 Å². The minimum absolute atomic E-state index is 0.0510. The average molecular weight is 755 g/mol. The zero-order valence-corrected chi connectivity index (χ0v) is 32.9. The maximum atomic E-state index is 12.9. The third kappa shape index (κ3) is 14.5. The number of amides is 2. The van der Waals surface area contributed by atoms with E-state index in [9.17, 15) is 22.8 Å². The van der Waals surface area contributed by atoms with Crippen molar-refractivity contribution in [3.63, 3.8) is 0 Å².